The van der Waals surface area contributed by atoms with Crippen LogP contribution in [0.2, 0.25) is 0 Å². The van der Waals surface area contributed by atoms with Gasteiger partial charge in [-0.2, -0.15) is 10.2 Å². The van der Waals surface area contributed by atoms with E-state index in [0.29, 0.717) is 35.2 Å². The lowest BCUT2D eigenvalue weighted by molar-refractivity contribution is -0.145. The van der Waals surface area contributed by atoms with Crippen molar-refractivity contribution in [2.45, 2.75) is 59.0 Å². The second-order valence-corrected chi connectivity index (χ2v) is 10.1. The molecule has 0 atom stereocenters. The highest BCUT2D eigenvalue weighted by molar-refractivity contribution is 6.03. The van der Waals surface area contributed by atoms with Crippen molar-refractivity contribution in [2.24, 2.45) is 0 Å². The Balaban J connectivity index is 0.000000929. The number of nitrogens with two attached hydrogens (primary N) is 1. The lowest BCUT2D eigenvalue weighted by Crippen LogP contribution is -2.64. The second kappa shape index (κ2) is 11.4. The van der Waals surface area contributed by atoms with Crippen molar-refractivity contribution in [3.63, 3.8) is 0 Å². The number of halogens is 1. The van der Waals surface area contributed by atoms with Crippen LogP contribution in [0.15, 0.2) is 43.0 Å². The fraction of sp³-hybridized carbons (Fsp3) is 0.367. The third-order valence-electron chi connectivity index (χ3n) is 7.32. The molecule has 10 nitrogen and oxygen atoms in total. The van der Waals surface area contributed by atoms with Gasteiger partial charge in [0.2, 0.25) is 5.91 Å². The van der Waals surface area contributed by atoms with Crippen LogP contribution in [0.4, 0.5) is 15.9 Å². The topological polar surface area (TPSA) is 115 Å². The minimum Gasteiger partial charge on any atom is -0.382 e. The maximum atomic E-state index is 15.1. The molecule has 1 aliphatic carbocycles. The Labute approximate surface area is 239 Å². The number of anilines is 2. The van der Waals surface area contributed by atoms with Crippen LogP contribution in [0.25, 0.3) is 27.9 Å². The summed E-state index contributed by atoms with van der Waals surface area (Å²) in [6.45, 7) is 9.30. The molecule has 4 heterocycles. The molecule has 0 unspecified atom stereocenters. The van der Waals surface area contributed by atoms with E-state index >= 15 is 4.39 Å². The fourth-order valence-electron chi connectivity index (χ4n) is 5.20. The number of amides is 2. The van der Waals surface area contributed by atoms with E-state index in [2.05, 4.69) is 28.0 Å². The zero-order chi connectivity index (χ0) is 30.1. The number of terminal acetylenes is 1. The van der Waals surface area contributed by atoms with Gasteiger partial charge in [0, 0.05) is 42.9 Å². The Morgan fingerprint density at radius 2 is 1.80 bits per heavy atom. The Hall–Kier alpha value is -4.72. The average Bonchev–Trinajstić information content (AvgIpc) is 3.56. The number of benzene rings is 1. The van der Waals surface area contributed by atoms with Gasteiger partial charge in [-0.1, -0.05) is 13.8 Å². The molecule has 2 aliphatic rings. The van der Waals surface area contributed by atoms with Crippen LogP contribution in [0, 0.1) is 18.7 Å². The number of aromatic nitrogens is 5. The first kappa shape index (κ1) is 29.3. The molecule has 2 amide bonds. The molecule has 2 fully saturated rings. The van der Waals surface area contributed by atoms with Gasteiger partial charge in [-0.3, -0.25) is 14.3 Å². The van der Waals surface area contributed by atoms with Crippen LogP contribution in [0.1, 0.15) is 53.5 Å². The molecule has 4 aromatic rings. The van der Waals surface area contributed by atoms with E-state index in [1.165, 1.54) is 29.1 Å². The highest BCUT2D eigenvalue weighted by Gasteiger charge is 2.44. The molecule has 3 aromatic heterocycles. The molecule has 214 valence electrons. The molecular formula is C30H35FN8O2. The fourth-order valence-corrected chi connectivity index (χ4v) is 5.20. The maximum Gasteiger partial charge on any atom is 0.252 e. The van der Waals surface area contributed by atoms with Gasteiger partial charge in [0.25, 0.3) is 5.91 Å². The van der Waals surface area contributed by atoms with Crippen molar-refractivity contribution < 1.29 is 14.0 Å². The van der Waals surface area contributed by atoms with E-state index in [0.717, 1.165) is 24.0 Å². The minimum atomic E-state index is -1.09. The van der Waals surface area contributed by atoms with Crippen molar-refractivity contribution in [1.29, 1.82) is 0 Å². The number of hydrogen-bond acceptors (Lipinski definition) is 6. The normalized spacial score (nSPS) is 16.0. The third-order valence-corrected chi connectivity index (χ3v) is 7.32. The Morgan fingerprint density at radius 3 is 2.46 bits per heavy atom. The van der Waals surface area contributed by atoms with Crippen LogP contribution in [-0.2, 0) is 9.59 Å². The molecule has 1 aromatic carbocycles. The number of nitrogens with zero attached hydrogens (tertiary/aromatic N) is 7. The molecule has 1 saturated carbocycles. The monoisotopic (exact) mass is 558 g/mol. The molecule has 1 aliphatic heterocycles. The van der Waals surface area contributed by atoms with Crippen molar-refractivity contribution in [3.05, 3.63) is 48.8 Å². The molecule has 11 heteroatoms. The zero-order valence-electron chi connectivity index (χ0n) is 24.0. The van der Waals surface area contributed by atoms with Crippen molar-refractivity contribution >= 4 is 28.8 Å². The van der Waals surface area contributed by atoms with Crippen LogP contribution >= 0.6 is 0 Å². The molecule has 0 spiro atoms. The summed E-state index contributed by atoms with van der Waals surface area (Å²) in [7, 11) is 0. The van der Waals surface area contributed by atoms with Crippen LogP contribution in [0.3, 0.4) is 0 Å². The maximum absolute atomic E-state index is 15.1. The molecule has 41 heavy (non-hydrogen) atoms. The number of nitrogen functional groups attached to an aromatic ring is 1. The van der Waals surface area contributed by atoms with Gasteiger partial charge in [0.1, 0.15) is 23.2 Å². The predicted molar refractivity (Wildman–Crippen MR) is 157 cm³/mol. The summed E-state index contributed by atoms with van der Waals surface area (Å²) >= 11 is 0. The Morgan fingerprint density at radius 1 is 1.10 bits per heavy atom. The van der Waals surface area contributed by atoms with Gasteiger partial charge in [-0.05, 0) is 51.0 Å². The van der Waals surface area contributed by atoms with Crippen LogP contribution in [-0.4, -0.2) is 59.7 Å². The lowest BCUT2D eigenvalue weighted by Gasteiger charge is -2.45. The predicted octanol–water partition coefficient (Wildman–Crippen LogP) is 4.57. The Kier molecular flexibility index (Phi) is 8.14. The third kappa shape index (κ3) is 5.13. The van der Waals surface area contributed by atoms with Crippen molar-refractivity contribution in [3.8, 4) is 35.2 Å². The molecular weight excluding hydrogens is 523 g/mol. The summed E-state index contributed by atoms with van der Waals surface area (Å²) in [6.07, 6.45) is 15.4. The largest absolute Gasteiger partial charge is 0.382 e. The molecule has 6 rings (SSSR count). The van der Waals surface area contributed by atoms with E-state index in [9.17, 15) is 9.59 Å². The number of carbonyl (C=O) groups excluding carboxylic acids is 2. The van der Waals surface area contributed by atoms with Gasteiger partial charge in [0.05, 0.1) is 23.6 Å². The zero-order valence-corrected chi connectivity index (χ0v) is 24.0. The summed E-state index contributed by atoms with van der Waals surface area (Å²) in [5.74, 6) is -0.744. The SMILES string of the molecule is C#C.CC.CC(=O)N1CCN(c2cc(-c3cc(-c4cnn(C5CC5)c4)c4c(N)ncnn34)ccc2F)C(=O)C1(C)C. The van der Waals surface area contributed by atoms with Crippen molar-refractivity contribution in [1.82, 2.24) is 29.3 Å². The Bertz CT molecular complexity index is 1620. The van der Waals surface area contributed by atoms with Gasteiger partial charge in [0.15, 0.2) is 5.82 Å². The van der Waals surface area contributed by atoms with E-state index in [1.807, 2.05) is 30.8 Å². The van der Waals surface area contributed by atoms with E-state index < -0.39 is 11.4 Å². The molecule has 2 N–H and O–H groups in total. The van der Waals surface area contributed by atoms with Crippen LogP contribution in [0.5, 0.6) is 0 Å². The number of fused-ring (bicyclic) bond motifs is 1. The first-order valence-electron chi connectivity index (χ1n) is 13.6. The number of hydrogen-bond donors (Lipinski definition) is 1. The summed E-state index contributed by atoms with van der Waals surface area (Å²) in [6, 6.07) is 7.00. The first-order valence-corrected chi connectivity index (χ1v) is 13.6. The smallest absolute Gasteiger partial charge is 0.252 e. The minimum absolute atomic E-state index is 0.152. The second-order valence-electron chi connectivity index (χ2n) is 10.1. The number of rotatable bonds is 4. The van der Waals surface area contributed by atoms with Gasteiger partial charge >= 0.3 is 0 Å². The van der Waals surface area contributed by atoms with E-state index in [-0.39, 0.29) is 24.0 Å². The highest BCUT2D eigenvalue weighted by atomic mass is 19.1. The summed E-state index contributed by atoms with van der Waals surface area (Å²) in [4.78, 5) is 32.6. The van der Waals surface area contributed by atoms with Crippen LogP contribution < -0.4 is 10.6 Å². The summed E-state index contributed by atoms with van der Waals surface area (Å²) in [5.41, 5.74) is 9.00. The molecule has 1 saturated heterocycles. The van der Waals surface area contributed by atoms with E-state index in [1.54, 1.807) is 36.7 Å². The first-order chi connectivity index (χ1) is 19.7. The van der Waals surface area contributed by atoms with Crippen molar-refractivity contribution in [2.75, 3.05) is 23.7 Å². The molecule has 0 bridgehead atoms. The van der Waals surface area contributed by atoms with Gasteiger partial charge in [-0.25, -0.2) is 13.9 Å². The number of carbonyl (C=O) groups is 2. The lowest BCUT2D eigenvalue weighted by atomic mass is 9.96. The highest BCUT2D eigenvalue weighted by Crippen LogP contribution is 2.39. The quantitative estimate of drug-likeness (QED) is 0.367. The summed E-state index contributed by atoms with van der Waals surface area (Å²) < 4.78 is 18.8. The van der Waals surface area contributed by atoms with E-state index in [4.69, 9.17) is 5.73 Å². The van der Waals surface area contributed by atoms with Gasteiger partial charge < -0.3 is 15.5 Å². The average molecular weight is 559 g/mol. The molecule has 0 radical (unpaired) electrons. The van der Waals surface area contributed by atoms with Gasteiger partial charge in [-0.15, -0.1) is 12.8 Å². The summed E-state index contributed by atoms with van der Waals surface area (Å²) in [5, 5.41) is 8.94. The number of piperazine rings is 1. The standard InChI is InChI=1S/C26H27FN8O2.C2H6.C2H2/c1-15(36)33-9-8-32(25(37)26(33,2)3)22-10-16(4-7-20(22)27)21-11-19(23-24(28)29-14-31-35(21)23)17-12-30-34(13-17)18-5-6-18;2*1-2/h4,7,10-14,18H,5-6,8-9H2,1-3H3,(H2,28,29,31);1-2H3;1-2H.